The quantitative estimate of drug-likeness (QED) is 0.864. The van der Waals surface area contributed by atoms with Crippen LogP contribution in [0.5, 0.6) is 5.75 Å². The van der Waals surface area contributed by atoms with Gasteiger partial charge in [-0.2, -0.15) is 0 Å². The van der Waals surface area contributed by atoms with E-state index in [1.54, 1.807) is 6.07 Å². The molecule has 0 aliphatic carbocycles. The fourth-order valence-electron chi connectivity index (χ4n) is 1.59. The van der Waals surface area contributed by atoms with E-state index in [0.29, 0.717) is 5.02 Å². The molecule has 2 aromatic carbocycles. The van der Waals surface area contributed by atoms with Crippen LogP contribution in [0.2, 0.25) is 15.1 Å². The number of ether oxygens (including phenoxy) is 1. The van der Waals surface area contributed by atoms with Crippen molar-refractivity contribution in [3.05, 3.63) is 62.6 Å². The summed E-state index contributed by atoms with van der Waals surface area (Å²) >= 11 is 18.0. The zero-order valence-electron chi connectivity index (χ0n) is 10.1. The van der Waals surface area contributed by atoms with Crippen molar-refractivity contribution in [1.29, 1.82) is 0 Å². The highest BCUT2D eigenvalue weighted by Crippen LogP contribution is 2.35. The van der Waals surface area contributed by atoms with Gasteiger partial charge in [0.1, 0.15) is 6.61 Å². The number of hydrogen-bond acceptors (Lipinski definition) is 2. The van der Waals surface area contributed by atoms with Crippen LogP contribution in [0.3, 0.4) is 0 Å². The maximum Gasteiger partial charge on any atom is 0.335 e. The monoisotopic (exact) mass is 330 g/mol. The van der Waals surface area contributed by atoms with Gasteiger partial charge in [0, 0.05) is 10.6 Å². The van der Waals surface area contributed by atoms with Crippen molar-refractivity contribution in [3.8, 4) is 5.75 Å². The van der Waals surface area contributed by atoms with Gasteiger partial charge in [-0.25, -0.2) is 4.79 Å². The summed E-state index contributed by atoms with van der Waals surface area (Å²) in [5.74, 6) is -0.871. The predicted molar refractivity (Wildman–Crippen MR) is 79.2 cm³/mol. The van der Waals surface area contributed by atoms with E-state index < -0.39 is 5.97 Å². The highest BCUT2D eigenvalue weighted by molar-refractivity contribution is 6.37. The fraction of sp³-hybridized carbons (Fsp3) is 0.0714. The van der Waals surface area contributed by atoms with E-state index in [1.165, 1.54) is 12.1 Å². The first-order valence-corrected chi connectivity index (χ1v) is 6.71. The predicted octanol–water partition coefficient (Wildman–Crippen LogP) is 4.92. The maximum absolute atomic E-state index is 10.9. The molecule has 0 bridgehead atoms. The van der Waals surface area contributed by atoms with Gasteiger partial charge < -0.3 is 9.84 Å². The summed E-state index contributed by atoms with van der Waals surface area (Å²) in [6.45, 7) is 0.186. The molecule has 0 unspecified atom stereocenters. The van der Waals surface area contributed by atoms with E-state index >= 15 is 0 Å². The normalized spacial score (nSPS) is 10.3. The van der Waals surface area contributed by atoms with Crippen molar-refractivity contribution in [1.82, 2.24) is 0 Å². The first kappa shape index (κ1) is 15.0. The third-order valence-electron chi connectivity index (χ3n) is 2.58. The first-order chi connectivity index (χ1) is 9.49. The van der Waals surface area contributed by atoms with Crippen LogP contribution in [0.25, 0.3) is 0 Å². The Morgan fingerprint density at radius 2 is 1.65 bits per heavy atom. The highest BCUT2D eigenvalue weighted by atomic mass is 35.5. The summed E-state index contributed by atoms with van der Waals surface area (Å²) in [5.41, 5.74) is 0.786. The fourth-order valence-corrected chi connectivity index (χ4v) is 2.37. The van der Waals surface area contributed by atoms with Crippen molar-refractivity contribution in [2.45, 2.75) is 6.61 Å². The molecule has 0 saturated carbocycles. The highest BCUT2D eigenvalue weighted by Gasteiger charge is 2.14. The van der Waals surface area contributed by atoms with E-state index in [1.807, 2.05) is 18.2 Å². The summed E-state index contributed by atoms with van der Waals surface area (Å²) in [6.07, 6.45) is 0. The van der Waals surface area contributed by atoms with Crippen LogP contribution in [0.15, 0.2) is 36.4 Å². The van der Waals surface area contributed by atoms with Gasteiger partial charge in [0.15, 0.2) is 5.75 Å². The summed E-state index contributed by atoms with van der Waals surface area (Å²) in [5, 5.41) is 9.75. The Morgan fingerprint density at radius 3 is 2.20 bits per heavy atom. The smallest absolute Gasteiger partial charge is 0.335 e. The van der Waals surface area contributed by atoms with Gasteiger partial charge in [-0.05, 0) is 18.2 Å². The second kappa shape index (κ2) is 6.35. The Kier molecular flexibility index (Phi) is 4.76. The lowest BCUT2D eigenvalue weighted by molar-refractivity contribution is 0.0697. The van der Waals surface area contributed by atoms with Gasteiger partial charge in [0.2, 0.25) is 0 Å². The zero-order valence-corrected chi connectivity index (χ0v) is 12.3. The second-order valence-electron chi connectivity index (χ2n) is 3.95. The summed E-state index contributed by atoms with van der Waals surface area (Å²) in [6, 6.07) is 9.79. The van der Waals surface area contributed by atoms with Crippen molar-refractivity contribution in [3.63, 3.8) is 0 Å². The molecule has 0 spiro atoms. The minimum atomic E-state index is -1.11. The molecule has 1 N–H and O–H groups in total. The minimum Gasteiger partial charge on any atom is -0.486 e. The van der Waals surface area contributed by atoms with Crippen LogP contribution < -0.4 is 4.74 Å². The molecule has 0 fully saturated rings. The number of carboxylic acid groups (broad SMARTS) is 1. The molecule has 0 aliphatic heterocycles. The zero-order chi connectivity index (χ0) is 14.7. The van der Waals surface area contributed by atoms with E-state index in [4.69, 9.17) is 44.6 Å². The lowest BCUT2D eigenvalue weighted by Gasteiger charge is -2.11. The van der Waals surface area contributed by atoms with E-state index in [2.05, 4.69) is 0 Å². The van der Waals surface area contributed by atoms with Crippen LogP contribution in [-0.4, -0.2) is 11.1 Å². The Morgan fingerprint density at radius 1 is 1.05 bits per heavy atom. The molecule has 20 heavy (non-hydrogen) atoms. The van der Waals surface area contributed by atoms with Crippen LogP contribution in [0, 0.1) is 0 Å². The molecule has 0 saturated heterocycles. The standard InChI is InChI=1S/C14H9Cl3O3/c15-10-4-2-1-3-8(10)7-20-13-11(16)5-9(14(18)19)6-12(13)17/h1-6H,7H2,(H,18,19). The average molecular weight is 332 g/mol. The second-order valence-corrected chi connectivity index (χ2v) is 5.18. The molecule has 2 aromatic rings. The molecule has 2 rings (SSSR count). The Hall–Kier alpha value is -1.42. The van der Waals surface area contributed by atoms with Crippen molar-refractivity contribution in [2.75, 3.05) is 0 Å². The van der Waals surface area contributed by atoms with Crippen LogP contribution >= 0.6 is 34.8 Å². The largest absolute Gasteiger partial charge is 0.486 e. The van der Waals surface area contributed by atoms with E-state index in [0.717, 1.165) is 5.56 Å². The number of carbonyl (C=O) groups is 1. The van der Waals surface area contributed by atoms with Gasteiger partial charge in [-0.1, -0.05) is 53.0 Å². The molecule has 0 atom stereocenters. The number of carboxylic acids is 1. The first-order valence-electron chi connectivity index (χ1n) is 5.57. The van der Waals surface area contributed by atoms with Crippen molar-refractivity contribution < 1.29 is 14.6 Å². The van der Waals surface area contributed by atoms with Gasteiger partial charge in [-0.15, -0.1) is 0 Å². The summed E-state index contributed by atoms with van der Waals surface area (Å²) in [7, 11) is 0. The molecule has 104 valence electrons. The number of rotatable bonds is 4. The molecule has 6 heteroatoms. The van der Waals surface area contributed by atoms with Gasteiger partial charge in [0.25, 0.3) is 0 Å². The summed E-state index contributed by atoms with van der Waals surface area (Å²) in [4.78, 5) is 10.9. The molecule has 0 heterocycles. The molecule has 0 radical (unpaired) electrons. The van der Waals surface area contributed by atoms with E-state index in [9.17, 15) is 4.79 Å². The number of benzene rings is 2. The molecule has 0 aliphatic rings. The molecule has 0 amide bonds. The van der Waals surface area contributed by atoms with Gasteiger partial charge >= 0.3 is 5.97 Å². The molecule has 0 aromatic heterocycles. The third-order valence-corrected chi connectivity index (χ3v) is 3.51. The lowest BCUT2D eigenvalue weighted by Crippen LogP contribution is -2.00. The number of hydrogen-bond donors (Lipinski definition) is 1. The van der Waals surface area contributed by atoms with Gasteiger partial charge in [-0.3, -0.25) is 0 Å². The topological polar surface area (TPSA) is 46.5 Å². The SMILES string of the molecule is O=C(O)c1cc(Cl)c(OCc2ccccc2Cl)c(Cl)c1. The Labute approximate surface area is 130 Å². The van der Waals surface area contributed by atoms with Crippen LogP contribution in [0.4, 0.5) is 0 Å². The van der Waals surface area contributed by atoms with Crippen molar-refractivity contribution in [2.24, 2.45) is 0 Å². The van der Waals surface area contributed by atoms with Crippen molar-refractivity contribution >= 4 is 40.8 Å². The average Bonchev–Trinajstić information content (AvgIpc) is 2.39. The minimum absolute atomic E-state index is 0.00472. The van der Waals surface area contributed by atoms with Crippen LogP contribution in [-0.2, 0) is 6.61 Å². The number of aromatic carboxylic acids is 1. The molecular formula is C14H9Cl3O3. The van der Waals surface area contributed by atoms with E-state index in [-0.39, 0.29) is 28.0 Å². The van der Waals surface area contributed by atoms with Gasteiger partial charge in [0.05, 0.1) is 15.6 Å². The number of halogens is 3. The lowest BCUT2D eigenvalue weighted by atomic mass is 10.2. The van der Waals surface area contributed by atoms with Crippen LogP contribution in [0.1, 0.15) is 15.9 Å². The maximum atomic E-state index is 10.9. The Bertz CT molecular complexity index is 633. The molecule has 3 nitrogen and oxygen atoms in total. The third kappa shape index (κ3) is 3.37. The summed E-state index contributed by atoms with van der Waals surface area (Å²) < 4.78 is 5.53. The molecular weight excluding hydrogens is 323 g/mol. The Balaban J connectivity index is 2.22.